The molecule has 0 fully saturated rings. The first-order valence-electron chi connectivity index (χ1n) is 19.8. The van der Waals surface area contributed by atoms with Crippen LogP contribution in [0, 0.1) is 0 Å². The molecule has 2 atom stereocenters. The molecule has 0 amide bonds. The van der Waals surface area contributed by atoms with Gasteiger partial charge in [-0.05, 0) is 77.0 Å². The summed E-state index contributed by atoms with van der Waals surface area (Å²) in [5.74, 6) is -1.01. The Morgan fingerprint density at radius 1 is 0.596 bits per heavy atom. The van der Waals surface area contributed by atoms with Crippen LogP contribution >= 0.6 is 7.82 Å². The van der Waals surface area contributed by atoms with Crippen LogP contribution in [0.4, 0.5) is 0 Å². The minimum absolute atomic E-state index is 0.0962. The Morgan fingerprint density at radius 3 is 1.73 bits per heavy atom. The van der Waals surface area contributed by atoms with Gasteiger partial charge in [-0.1, -0.05) is 138 Å². The van der Waals surface area contributed by atoms with Gasteiger partial charge in [-0.15, -0.1) is 0 Å². The van der Waals surface area contributed by atoms with Gasteiger partial charge in [0.05, 0.1) is 12.7 Å². The molecule has 10 heteroatoms. The summed E-state index contributed by atoms with van der Waals surface area (Å²) in [6, 6.07) is 0. The number of phosphoric ester groups is 1. The zero-order valence-electron chi connectivity index (χ0n) is 32.3. The lowest BCUT2D eigenvalue weighted by molar-refractivity contribution is -0.161. The van der Waals surface area contributed by atoms with Gasteiger partial charge in [0.1, 0.15) is 6.61 Å². The van der Waals surface area contributed by atoms with Gasteiger partial charge < -0.3 is 24.4 Å². The summed E-state index contributed by atoms with van der Waals surface area (Å²) in [5.41, 5.74) is 0. The van der Waals surface area contributed by atoms with Gasteiger partial charge in [0.15, 0.2) is 6.10 Å². The molecule has 0 saturated heterocycles. The largest absolute Gasteiger partial charge is 0.469 e. The lowest BCUT2D eigenvalue weighted by Crippen LogP contribution is -2.29. The maximum absolute atomic E-state index is 12.4. The van der Waals surface area contributed by atoms with E-state index in [1.807, 2.05) is 36.5 Å². The van der Waals surface area contributed by atoms with Crippen molar-refractivity contribution in [3.8, 4) is 0 Å². The molecule has 0 aromatic rings. The molecule has 0 aliphatic heterocycles. The molecule has 0 saturated carbocycles. The van der Waals surface area contributed by atoms with Crippen LogP contribution in [-0.2, 0) is 28.2 Å². The van der Waals surface area contributed by atoms with Crippen LogP contribution in [0.15, 0.2) is 72.9 Å². The van der Waals surface area contributed by atoms with Crippen molar-refractivity contribution in [2.75, 3.05) is 13.2 Å². The number of carbonyl (C=O) groups is 2. The topological polar surface area (TPSA) is 140 Å². The highest BCUT2D eigenvalue weighted by atomic mass is 31.2. The predicted octanol–water partition coefficient (Wildman–Crippen LogP) is 10.9. The standard InChI is InChI=1S/C42H71O9P/c1-3-5-7-9-11-12-13-14-15-16-17-18-19-23-27-31-35-41(44)49-37-40(38-50-52(46,47)48)51-42(45)36-32-28-24-20-22-26-30-34-39(43)33-29-25-21-10-8-6-4-2/h11-12,14-15,20-21,24-26,29-30,33,39-40,43H,3-10,13,16-19,22-23,27-28,31-32,34-38H2,1-2H3,(H2,46,47,48)/b12-11-,15-14-,24-20+,25-21-,30-26-,33-29-/t39-,40+/m0/s1. The fourth-order valence-corrected chi connectivity index (χ4v) is 5.36. The molecule has 0 aromatic carbocycles. The van der Waals surface area contributed by atoms with Gasteiger partial charge >= 0.3 is 19.8 Å². The fraction of sp³-hybridized carbons (Fsp3) is 0.667. The number of aliphatic hydroxyl groups excluding tert-OH is 1. The van der Waals surface area contributed by atoms with Crippen molar-refractivity contribution in [2.24, 2.45) is 0 Å². The molecule has 298 valence electrons. The minimum atomic E-state index is -4.79. The number of hydrogen-bond acceptors (Lipinski definition) is 7. The predicted molar refractivity (Wildman–Crippen MR) is 213 cm³/mol. The number of allylic oxidation sites excluding steroid dienone is 10. The quantitative estimate of drug-likeness (QED) is 0.0190. The Balaban J connectivity index is 4.15. The van der Waals surface area contributed by atoms with Crippen LogP contribution in [0.2, 0.25) is 0 Å². The normalized spacial score (nSPS) is 13.9. The summed E-state index contributed by atoms with van der Waals surface area (Å²) < 4.78 is 26.2. The third-order valence-corrected chi connectivity index (χ3v) is 8.51. The van der Waals surface area contributed by atoms with E-state index in [1.165, 1.54) is 44.9 Å². The van der Waals surface area contributed by atoms with Gasteiger partial charge in [0, 0.05) is 12.8 Å². The van der Waals surface area contributed by atoms with Crippen molar-refractivity contribution in [1.82, 2.24) is 0 Å². The Morgan fingerprint density at radius 2 is 1.12 bits per heavy atom. The van der Waals surface area contributed by atoms with Crippen LogP contribution in [0.25, 0.3) is 0 Å². The van der Waals surface area contributed by atoms with Crippen molar-refractivity contribution in [1.29, 1.82) is 0 Å². The second-order valence-electron chi connectivity index (χ2n) is 13.1. The van der Waals surface area contributed by atoms with Crippen LogP contribution in [0.1, 0.15) is 155 Å². The fourth-order valence-electron chi connectivity index (χ4n) is 5.00. The van der Waals surface area contributed by atoms with Crippen LogP contribution in [0.5, 0.6) is 0 Å². The summed E-state index contributed by atoms with van der Waals surface area (Å²) in [5, 5.41) is 10.0. The number of phosphoric acid groups is 1. The second-order valence-corrected chi connectivity index (χ2v) is 14.3. The first kappa shape index (κ1) is 49.5. The van der Waals surface area contributed by atoms with Crippen molar-refractivity contribution < 1.29 is 43.0 Å². The van der Waals surface area contributed by atoms with E-state index >= 15 is 0 Å². The highest BCUT2D eigenvalue weighted by Gasteiger charge is 2.22. The molecule has 0 spiro atoms. The third kappa shape index (κ3) is 38.7. The number of carbonyl (C=O) groups excluding carboxylic acids is 2. The van der Waals surface area contributed by atoms with Gasteiger partial charge in [-0.3, -0.25) is 14.1 Å². The smallest absolute Gasteiger partial charge is 0.462 e. The Bertz CT molecular complexity index is 1090. The summed E-state index contributed by atoms with van der Waals surface area (Å²) in [6.07, 6.45) is 43.6. The Labute approximate surface area is 315 Å². The summed E-state index contributed by atoms with van der Waals surface area (Å²) in [4.78, 5) is 42.8. The Hall–Kier alpha value is -2.55. The number of ether oxygens (including phenoxy) is 2. The van der Waals surface area contributed by atoms with Crippen molar-refractivity contribution in [2.45, 2.75) is 167 Å². The van der Waals surface area contributed by atoms with Crippen molar-refractivity contribution in [3.63, 3.8) is 0 Å². The molecule has 3 N–H and O–H groups in total. The molecule has 0 aliphatic carbocycles. The number of hydrogen-bond donors (Lipinski definition) is 3. The van der Waals surface area contributed by atoms with E-state index in [0.717, 1.165) is 51.4 Å². The molecule has 0 rings (SSSR count). The molecule has 0 aliphatic rings. The average Bonchev–Trinajstić information content (AvgIpc) is 3.11. The molecule has 0 heterocycles. The van der Waals surface area contributed by atoms with E-state index in [0.29, 0.717) is 32.1 Å². The van der Waals surface area contributed by atoms with Gasteiger partial charge in [-0.25, -0.2) is 4.57 Å². The molecule has 0 aromatic heterocycles. The lowest BCUT2D eigenvalue weighted by atomic mass is 10.1. The van der Waals surface area contributed by atoms with Gasteiger partial charge in [0.2, 0.25) is 0 Å². The Kier molecular flexibility index (Phi) is 35.0. The van der Waals surface area contributed by atoms with Crippen molar-refractivity contribution in [3.05, 3.63) is 72.9 Å². The van der Waals surface area contributed by atoms with Gasteiger partial charge in [-0.2, -0.15) is 0 Å². The van der Waals surface area contributed by atoms with E-state index in [2.05, 4.69) is 48.8 Å². The summed E-state index contributed by atoms with van der Waals surface area (Å²) >= 11 is 0. The van der Waals surface area contributed by atoms with E-state index in [4.69, 9.17) is 19.3 Å². The van der Waals surface area contributed by atoms with Crippen LogP contribution < -0.4 is 0 Å². The van der Waals surface area contributed by atoms with E-state index < -0.39 is 38.6 Å². The third-order valence-electron chi connectivity index (χ3n) is 8.03. The summed E-state index contributed by atoms with van der Waals surface area (Å²) in [6.45, 7) is 3.49. The van der Waals surface area contributed by atoms with Crippen molar-refractivity contribution >= 4 is 19.8 Å². The molecular weight excluding hydrogens is 679 g/mol. The zero-order chi connectivity index (χ0) is 38.4. The molecule has 0 radical (unpaired) electrons. The van der Waals surface area contributed by atoms with E-state index in [1.54, 1.807) is 6.08 Å². The first-order valence-corrected chi connectivity index (χ1v) is 21.4. The molecule has 9 nitrogen and oxygen atoms in total. The lowest BCUT2D eigenvalue weighted by Gasteiger charge is -2.18. The van der Waals surface area contributed by atoms with Crippen LogP contribution in [0.3, 0.4) is 0 Å². The minimum Gasteiger partial charge on any atom is -0.462 e. The highest BCUT2D eigenvalue weighted by Crippen LogP contribution is 2.36. The van der Waals surface area contributed by atoms with Crippen LogP contribution in [-0.4, -0.2) is 52.3 Å². The first-order chi connectivity index (χ1) is 25.2. The molecule has 0 bridgehead atoms. The second kappa shape index (κ2) is 36.8. The SMILES string of the molecule is CCCCC/C=C\C=C/[C@H](O)C/C=C\C/C=C/CCCC(=O)O[C@H](COC(=O)CCCCCCCC/C=C\C/C=C\CCCCC)COP(=O)(O)O. The monoisotopic (exact) mass is 750 g/mol. The van der Waals surface area contributed by atoms with E-state index in [-0.39, 0.29) is 19.4 Å². The number of esters is 2. The number of unbranched alkanes of at least 4 members (excludes halogenated alkanes) is 13. The van der Waals surface area contributed by atoms with Gasteiger partial charge in [0.25, 0.3) is 0 Å². The zero-order valence-corrected chi connectivity index (χ0v) is 33.2. The maximum Gasteiger partial charge on any atom is 0.469 e. The number of rotatable bonds is 35. The highest BCUT2D eigenvalue weighted by molar-refractivity contribution is 7.46. The average molecular weight is 751 g/mol. The molecular formula is C42H71O9P. The molecule has 52 heavy (non-hydrogen) atoms. The summed E-state index contributed by atoms with van der Waals surface area (Å²) in [7, 11) is -4.79. The number of aliphatic hydroxyl groups is 1. The van der Waals surface area contributed by atoms with E-state index in [9.17, 15) is 19.3 Å². The maximum atomic E-state index is 12.4. The molecule has 0 unspecified atom stereocenters.